The van der Waals surface area contributed by atoms with Crippen molar-refractivity contribution in [3.63, 3.8) is 0 Å². The highest BCUT2D eigenvalue weighted by atomic mass is 35.5. The fourth-order valence-electron chi connectivity index (χ4n) is 3.73. The largest absolute Gasteiger partial charge is 0.489 e. The quantitative estimate of drug-likeness (QED) is 0.172. The molecule has 218 valence electrons. The number of ether oxygens (including phenoxy) is 3. The molecule has 41 heavy (non-hydrogen) atoms. The first-order valence-corrected chi connectivity index (χ1v) is 12.8. The Hall–Kier alpha value is -3.98. The van der Waals surface area contributed by atoms with Gasteiger partial charge in [-0.25, -0.2) is 4.79 Å². The second kappa shape index (κ2) is 17.0. The van der Waals surface area contributed by atoms with Crippen LogP contribution < -0.4 is 20.5 Å². The van der Waals surface area contributed by atoms with E-state index in [0.717, 1.165) is 16.9 Å². The number of furan rings is 1. The van der Waals surface area contributed by atoms with E-state index in [0.29, 0.717) is 48.8 Å². The summed E-state index contributed by atoms with van der Waals surface area (Å²) in [5.41, 5.74) is 8.91. The monoisotopic (exact) mass is 600 g/mol. The number of hydrogen-bond donors (Lipinski definition) is 2. The standard InChI is InChI=1S/C31H32N2O6.2ClH/c1-2-16-37-31(35)24-12-15-28(29(19-24)39-21-26-9-6-17-36-26)33-30(34)27(32)18-22-10-13-25(14-11-22)38-20-23-7-4-3-5-8-23;;/h3-15,17,19,27H,2,16,18,20-21,32H2,1H3,(H,33,34);2*1H/t27-;;/m1../s1. The van der Waals surface area contributed by atoms with Gasteiger partial charge in [-0.2, -0.15) is 0 Å². The summed E-state index contributed by atoms with van der Waals surface area (Å²) in [4.78, 5) is 25.3. The Labute approximate surface area is 252 Å². The fraction of sp³-hybridized carbons (Fsp3) is 0.226. The molecule has 0 unspecified atom stereocenters. The lowest BCUT2D eigenvalue weighted by Gasteiger charge is -2.16. The number of nitrogens with one attached hydrogen (secondary N) is 1. The SMILES string of the molecule is CCCOC(=O)c1ccc(NC(=O)[C@H](N)Cc2ccc(OCc3ccccc3)cc2)c(OCc2ccco2)c1.Cl.Cl. The van der Waals surface area contributed by atoms with E-state index < -0.39 is 12.0 Å². The van der Waals surface area contributed by atoms with Gasteiger partial charge in [0.1, 0.15) is 30.5 Å². The number of nitrogens with two attached hydrogens (primary N) is 1. The molecule has 1 heterocycles. The van der Waals surface area contributed by atoms with Crippen molar-refractivity contribution in [2.75, 3.05) is 11.9 Å². The molecular formula is C31H34Cl2N2O6. The van der Waals surface area contributed by atoms with Crippen LogP contribution in [0.25, 0.3) is 0 Å². The highest BCUT2D eigenvalue weighted by Crippen LogP contribution is 2.28. The van der Waals surface area contributed by atoms with Crippen LogP contribution in [0.5, 0.6) is 11.5 Å². The summed E-state index contributed by atoms with van der Waals surface area (Å²) in [6.45, 7) is 2.83. The van der Waals surface area contributed by atoms with Gasteiger partial charge in [0.25, 0.3) is 0 Å². The Kier molecular flexibility index (Phi) is 13.8. The van der Waals surface area contributed by atoms with Gasteiger partial charge in [-0.3, -0.25) is 4.79 Å². The molecular weight excluding hydrogens is 567 g/mol. The maximum Gasteiger partial charge on any atom is 0.338 e. The predicted molar refractivity (Wildman–Crippen MR) is 162 cm³/mol. The number of halogens is 2. The Bertz CT molecular complexity index is 1350. The van der Waals surface area contributed by atoms with Gasteiger partial charge in [0.05, 0.1) is 30.2 Å². The molecule has 1 aromatic heterocycles. The number of esters is 1. The number of benzene rings is 3. The van der Waals surface area contributed by atoms with E-state index in [1.807, 2.05) is 61.5 Å². The van der Waals surface area contributed by atoms with Crippen molar-refractivity contribution in [2.45, 2.75) is 39.0 Å². The van der Waals surface area contributed by atoms with Crippen molar-refractivity contribution in [1.29, 1.82) is 0 Å². The third-order valence-electron chi connectivity index (χ3n) is 5.83. The van der Waals surface area contributed by atoms with E-state index >= 15 is 0 Å². The van der Waals surface area contributed by atoms with E-state index in [2.05, 4.69) is 5.32 Å². The van der Waals surface area contributed by atoms with Crippen LogP contribution in [-0.4, -0.2) is 24.5 Å². The molecule has 10 heteroatoms. The first kappa shape index (κ1) is 33.2. The molecule has 0 fully saturated rings. The Morgan fingerprint density at radius 1 is 0.878 bits per heavy atom. The van der Waals surface area contributed by atoms with Crippen LogP contribution in [0.3, 0.4) is 0 Å². The second-order valence-electron chi connectivity index (χ2n) is 8.93. The van der Waals surface area contributed by atoms with Crippen molar-refractivity contribution < 1.29 is 28.2 Å². The zero-order valence-corrected chi connectivity index (χ0v) is 24.2. The number of hydrogen-bond acceptors (Lipinski definition) is 7. The number of anilines is 1. The van der Waals surface area contributed by atoms with Gasteiger partial charge in [0, 0.05) is 0 Å². The van der Waals surface area contributed by atoms with Gasteiger partial charge in [0.2, 0.25) is 5.91 Å². The van der Waals surface area contributed by atoms with Crippen LogP contribution in [0, 0.1) is 0 Å². The lowest BCUT2D eigenvalue weighted by atomic mass is 10.1. The summed E-state index contributed by atoms with van der Waals surface area (Å²) in [7, 11) is 0. The smallest absolute Gasteiger partial charge is 0.338 e. The minimum absolute atomic E-state index is 0. The average Bonchev–Trinajstić information content (AvgIpc) is 3.49. The lowest BCUT2D eigenvalue weighted by Crippen LogP contribution is -2.37. The van der Waals surface area contributed by atoms with Crippen molar-refractivity contribution in [2.24, 2.45) is 5.73 Å². The molecule has 8 nitrogen and oxygen atoms in total. The molecule has 0 saturated carbocycles. The summed E-state index contributed by atoms with van der Waals surface area (Å²) < 4.78 is 22.2. The van der Waals surface area contributed by atoms with Gasteiger partial charge >= 0.3 is 5.97 Å². The highest BCUT2D eigenvalue weighted by molar-refractivity contribution is 5.97. The molecule has 1 amide bonds. The molecule has 0 spiro atoms. The van der Waals surface area contributed by atoms with Crippen LogP contribution in [0.2, 0.25) is 0 Å². The van der Waals surface area contributed by atoms with Gasteiger partial charge in [0.15, 0.2) is 0 Å². The van der Waals surface area contributed by atoms with E-state index in [-0.39, 0.29) is 37.3 Å². The zero-order chi connectivity index (χ0) is 27.5. The predicted octanol–water partition coefficient (Wildman–Crippen LogP) is 6.36. The molecule has 0 aliphatic rings. The maximum atomic E-state index is 13.0. The van der Waals surface area contributed by atoms with Gasteiger partial charge in [-0.15, -0.1) is 24.8 Å². The molecule has 3 aromatic carbocycles. The van der Waals surface area contributed by atoms with E-state index in [1.165, 1.54) is 6.07 Å². The van der Waals surface area contributed by atoms with Crippen LogP contribution in [0.4, 0.5) is 5.69 Å². The van der Waals surface area contributed by atoms with Crippen molar-refractivity contribution >= 4 is 42.4 Å². The van der Waals surface area contributed by atoms with E-state index in [4.69, 9.17) is 24.4 Å². The molecule has 0 bridgehead atoms. The number of carbonyl (C=O) groups is 2. The average molecular weight is 602 g/mol. The molecule has 0 saturated heterocycles. The molecule has 0 radical (unpaired) electrons. The fourth-order valence-corrected chi connectivity index (χ4v) is 3.73. The zero-order valence-electron chi connectivity index (χ0n) is 22.6. The summed E-state index contributed by atoms with van der Waals surface area (Å²) in [6, 6.07) is 24.8. The number of carbonyl (C=O) groups excluding carboxylic acids is 2. The highest BCUT2D eigenvalue weighted by Gasteiger charge is 2.19. The molecule has 0 aliphatic carbocycles. The van der Waals surface area contributed by atoms with Gasteiger partial charge < -0.3 is 29.7 Å². The summed E-state index contributed by atoms with van der Waals surface area (Å²) in [5, 5.41) is 2.82. The minimum atomic E-state index is -0.812. The molecule has 4 aromatic rings. The van der Waals surface area contributed by atoms with Crippen molar-refractivity contribution in [3.8, 4) is 11.5 Å². The molecule has 0 aliphatic heterocycles. The van der Waals surface area contributed by atoms with E-state index in [9.17, 15) is 9.59 Å². The minimum Gasteiger partial charge on any atom is -0.489 e. The van der Waals surface area contributed by atoms with Crippen LogP contribution in [0.1, 0.15) is 40.6 Å². The third kappa shape index (κ3) is 10.2. The first-order chi connectivity index (χ1) is 19.0. The summed E-state index contributed by atoms with van der Waals surface area (Å²) in [5.74, 6) is 0.780. The third-order valence-corrected chi connectivity index (χ3v) is 5.83. The number of amides is 1. The Balaban J connectivity index is 0.00000294. The number of rotatable bonds is 13. The molecule has 1 atom stereocenters. The van der Waals surface area contributed by atoms with Crippen LogP contribution in [-0.2, 0) is 29.2 Å². The Morgan fingerprint density at radius 2 is 1.63 bits per heavy atom. The van der Waals surface area contributed by atoms with Crippen molar-refractivity contribution in [1.82, 2.24) is 0 Å². The van der Waals surface area contributed by atoms with E-state index in [1.54, 1.807) is 30.5 Å². The van der Waals surface area contributed by atoms with Crippen LogP contribution >= 0.6 is 24.8 Å². The lowest BCUT2D eigenvalue weighted by molar-refractivity contribution is -0.117. The van der Waals surface area contributed by atoms with Crippen molar-refractivity contribution in [3.05, 3.63) is 114 Å². The van der Waals surface area contributed by atoms with Gasteiger partial charge in [-0.05, 0) is 66.4 Å². The van der Waals surface area contributed by atoms with Crippen LogP contribution in [0.15, 0.2) is 95.6 Å². The summed E-state index contributed by atoms with van der Waals surface area (Å²) >= 11 is 0. The molecule has 4 rings (SSSR count). The first-order valence-electron chi connectivity index (χ1n) is 12.8. The maximum absolute atomic E-state index is 13.0. The summed E-state index contributed by atoms with van der Waals surface area (Å²) in [6.07, 6.45) is 2.58. The normalized spacial score (nSPS) is 10.9. The Morgan fingerprint density at radius 3 is 2.32 bits per heavy atom. The molecule has 3 N–H and O–H groups in total. The second-order valence-corrected chi connectivity index (χ2v) is 8.93. The van der Waals surface area contributed by atoms with Gasteiger partial charge in [-0.1, -0.05) is 49.4 Å². The topological polar surface area (TPSA) is 113 Å².